The lowest BCUT2D eigenvalue weighted by Crippen LogP contribution is -2.11. The molecule has 0 radical (unpaired) electrons. The molecule has 0 aliphatic heterocycles. The van der Waals surface area contributed by atoms with Crippen LogP contribution in [0.5, 0.6) is 0 Å². The number of halogens is 4. The van der Waals surface area contributed by atoms with Crippen LogP contribution >= 0.6 is 15.9 Å². The first kappa shape index (κ1) is 13.9. The Morgan fingerprint density at radius 1 is 1.00 bits per heavy atom. The van der Waals surface area contributed by atoms with E-state index >= 15 is 0 Å². The van der Waals surface area contributed by atoms with Gasteiger partial charge in [-0.25, -0.2) is 0 Å². The predicted molar refractivity (Wildman–Crippen MR) is 72.9 cm³/mol. The average Bonchev–Trinajstić information content (AvgIpc) is 2.37. The Balaban J connectivity index is 2.21. The molecule has 0 amide bonds. The third kappa shape index (κ3) is 3.73. The van der Waals surface area contributed by atoms with Gasteiger partial charge in [-0.15, -0.1) is 0 Å². The largest absolute Gasteiger partial charge is 0.416 e. The Morgan fingerprint density at radius 3 is 2.32 bits per heavy atom. The molecule has 1 nitrogen and oxygen atoms in total. The van der Waals surface area contributed by atoms with Crippen molar-refractivity contribution in [1.82, 2.24) is 0 Å². The molecule has 0 aliphatic rings. The van der Waals surface area contributed by atoms with Crippen LogP contribution in [0, 0.1) is 0 Å². The van der Waals surface area contributed by atoms with Gasteiger partial charge < -0.3 is 5.32 Å². The van der Waals surface area contributed by atoms with Crippen molar-refractivity contribution in [3.8, 4) is 0 Å². The number of alkyl halides is 3. The molecule has 0 saturated heterocycles. The van der Waals surface area contributed by atoms with Crippen LogP contribution in [0.25, 0.3) is 0 Å². The molecule has 100 valence electrons. The van der Waals surface area contributed by atoms with Crippen LogP contribution in [-0.4, -0.2) is 0 Å². The Labute approximate surface area is 117 Å². The van der Waals surface area contributed by atoms with Gasteiger partial charge in [0, 0.05) is 16.7 Å². The van der Waals surface area contributed by atoms with Crippen molar-refractivity contribution in [2.45, 2.75) is 12.7 Å². The number of para-hydroxylation sites is 1. The topological polar surface area (TPSA) is 12.0 Å². The van der Waals surface area contributed by atoms with Gasteiger partial charge in [0.25, 0.3) is 0 Å². The Morgan fingerprint density at radius 2 is 1.68 bits per heavy atom. The molecule has 0 aromatic heterocycles. The minimum atomic E-state index is -4.35. The average molecular weight is 330 g/mol. The van der Waals surface area contributed by atoms with Crippen molar-refractivity contribution >= 4 is 21.6 Å². The SMILES string of the molecule is FC(F)(F)c1cc(Br)ccc1CNc1ccccc1. The van der Waals surface area contributed by atoms with Crippen LogP contribution in [0.2, 0.25) is 0 Å². The number of hydrogen-bond acceptors (Lipinski definition) is 1. The molecular weight excluding hydrogens is 319 g/mol. The van der Waals surface area contributed by atoms with Crippen LogP contribution in [-0.2, 0) is 12.7 Å². The molecule has 0 bridgehead atoms. The standard InChI is InChI=1S/C14H11BrF3N/c15-11-7-6-10(13(8-11)14(16,17)18)9-19-12-4-2-1-3-5-12/h1-8,19H,9H2. The molecule has 0 unspecified atom stereocenters. The lowest BCUT2D eigenvalue weighted by Gasteiger charge is -2.14. The summed E-state index contributed by atoms with van der Waals surface area (Å²) in [6, 6.07) is 13.3. The number of anilines is 1. The molecule has 2 rings (SSSR count). The van der Waals surface area contributed by atoms with Crippen LogP contribution in [0.15, 0.2) is 53.0 Å². The van der Waals surface area contributed by atoms with E-state index in [1.165, 1.54) is 6.07 Å². The third-order valence-electron chi connectivity index (χ3n) is 2.63. The van der Waals surface area contributed by atoms with E-state index in [1.54, 1.807) is 6.07 Å². The lowest BCUT2D eigenvalue weighted by atomic mass is 10.1. The van der Waals surface area contributed by atoms with Gasteiger partial charge in [0.15, 0.2) is 0 Å². The van der Waals surface area contributed by atoms with E-state index in [4.69, 9.17) is 0 Å². The van der Waals surface area contributed by atoms with E-state index in [0.717, 1.165) is 11.8 Å². The zero-order valence-electron chi connectivity index (χ0n) is 9.84. The summed E-state index contributed by atoms with van der Waals surface area (Å²) < 4.78 is 39.1. The second-order valence-corrected chi connectivity index (χ2v) is 4.93. The van der Waals surface area contributed by atoms with Gasteiger partial charge >= 0.3 is 6.18 Å². The van der Waals surface area contributed by atoms with Gasteiger partial charge in [-0.3, -0.25) is 0 Å². The van der Waals surface area contributed by atoms with Crippen LogP contribution < -0.4 is 5.32 Å². The Bertz CT molecular complexity index is 552. The molecule has 5 heteroatoms. The molecule has 0 aliphatic carbocycles. The molecular formula is C14H11BrF3N. The van der Waals surface area contributed by atoms with Gasteiger partial charge in [0.1, 0.15) is 0 Å². The van der Waals surface area contributed by atoms with E-state index < -0.39 is 11.7 Å². The molecule has 2 aromatic carbocycles. The van der Waals surface area contributed by atoms with E-state index in [-0.39, 0.29) is 12.1 Å². The second kappa shape index (κ2) is 5.65. The summed E-state index contributed by atoms with van der Waals surface area (Å²) in [5, 5.41) is 2.98. The van der Waals surface area contributed by atoms with Gasteiger partial charge in [-0.05, 0) is 29.8 Å². The summed E-state index contributed by atoms with van der Waals surface area (Å²) in [6.45, 7) is 0.131. The number of benzene rings is 2. The van der Waals surface area contributed by atoms with E-state index in [9.17, 15) is 13.2 Å². The summed E-state index contributed by atoms with van der Waals surface area (Å²) in [7, 11) is 0. The molecule has 0 atom stereocenters. The van der Waals surface area contributed by atoms with Crippen LogP contribution in [0.3, 0.4) is 0 Å². The summed E-state index contributed by atoms with van der Waals surface area (Å²) in [5.41, 5.74) is 0.392. The zero-order valence-corrected chi connectivity index (χ0v) is 11.4. The summed E-state index contributed by atoms with van der Waals surface area (Å²) >= 11 is 3.06. The summed E-state index contributed by atoms with van der Waals surface area (Å²) in [6.07, 6.45) is -4.35. The molecule has 0 saturated carbocycles. The van der Waals surface area contributed by atoms with Crippen molar-refractivity contribution in [1.29, 1.82) is 0 Å². The maximum atomic E-state index is 12.9. The normalized spacial score (nSPS) is 11.4. The number of nitrogens with one attached hydrogen (secondary N) is 1. The number of rotatable bonds is 3. The highest BCUT2D eigenvalue weighted by atomic mass is 79.9. The molecule has 1 N–H and O–H groups in total. The third-order valence-corrected chi connectivity index (χ3v) is 3.13. The van der Waals surface area contributed by atoms with Crippen LogP contribution in [0.1, 0.15) is 11.1 Å². The van der Waals surface area contributed by atoms with Crippen molar-refractivity contribution in [3.63, 3.8) is 0 Å². The zero-order chi connectivity index (χ0) is 13.9. The van der Waals surface area contributed by atoms with Crippen molar-refractivity contribution < 1.29 is 13.2 Å². The summed E-state index contributed by atoms with van der Waals surface area (Å²) in [4.78, 5) is 0. The van der Waals surface area contributed by atoms with Crippen molar-refractivity contribution in [2.24, 2.45) is 0 Å². The summed E-state index contributed by atoms with van der Waals surface area (Å²) in [5.74, 6) is 0. The Kier molecular flexibility index (Phi) is 4.14. The van der Waals surface area contributed by atoms with Gasteiger partial charge in [0.2, 0.25) is 0 Å². The van der Waals surface area contributed by atoms with Crippen molar-refractivity contribution in [3.05, 3.63) is 64.1 Å². The number of hydrogen-bond donors (Lipinski definition) is 1. The van der Waals surface area contributed by atoms with E-state index in [0.29, 0.717) is 4.47 Å². The quantitative estimate of drug-likeness (QED) is 0.827. The molecule has 0 heterocycles. The first-order valence-electron chi connectivity index (χ1n) is 5.61. The molecule has 2 aromatic rings. The van der Waals surface area contributed by atoms with Gasteiger partial charge in [0.05, 0.1) is 5.56 Å². The highest BCUT2D eigenvalue weighted by molar-refractivity contribution is 9.10. The molecule has 0 spiro atoms. The molecule has 0 fully saturated rings. The molecule has 19 heavy (non-hydrogen) atoms. The van der Waals surface area contributed by atoms with Crippen LogP contribution in [0.4, 0.5) is 18.9 Å². The predicted octanol–water partition coefficient (Wildman–Crippen LogP) is 5.08. The lowest BCUT2D eigenvalue weighted by molar-refractivity contribution is -0.138. The van der Waals surface area contributed by atoms with Gasteiger partial charge in [-0.1, -0.05) is 40.2 Å². The minimum absolute atomic E-state index is 0.131. The fraction of sp³-hybridized carbons (Fsp3) is 0.143. The van der Waals surface area contributed by atoms with E-state index in [1.807, 2.05) is 30.3 Å². The maximum absolute atomic E-state index is 12.9. The second-order valence-electron chi connectivity index (χ2n) is 4.02. The Hall–Kier alpha value is -1.49. The maximum Gasteiger partial charge on any atom is 0.416 e. The monoisotopic (exact) mass is 329 g/mol. The van der Waals surface area contributed by atoms with E-state index in [2.05, 4.69) is 21.2 Å². The highest BCUT2D eigenvalue weighted by Crippen LogP contribution is 2.34. The fourth-order valence-corrected chi connectivity index (χ4v) is 2.08. The highest BCUT2D eigenvalue weighted by Gasteiger charge is 2.33. The first-order chi connectivity index (χ1) is 8.97. The first-order valence-corrected chi connectivity index (χ1v) is 6.40. The van der Waals surface area contributed by atoms with Gasteiger partial charge in [-0.2, -0.15) is 13.2 Å². The smallest absolute Gasteiger partial charge is 0.381 e. The van der Waals surface area contributed by atoms with Crippen molar-refractivity contribution in [2.75, 3.05) is 5.32 Å². The minimum Gasteiger partial charge on any atom is -0.381 e. The fourth-order valence-electron chi connectivity index (χ4n) is 1.72.